The number of nitrogen functional groups attached to an aromatic ring is 2. The molecule has 80 heavy (non-hydrogen) atoms. The third-order valence-electron chi connectivity index (χ3n) is 15.3. The first-order chi connectivity index (χ1) is 38.9. The van der Waals surface area contributed by atoms with E-state index in [0.717, 1.165) is 48.4 Å². The second-order valence-corrected chi connectivity index (χ2v) is 25.0. The van der Waals surface area contributed by atoms with Crippen LogP contribution in [0.15, 0.2) is 140 Å². The normalized spacial score (nSPS) is 19.4. The van der Waals surface area contributed by atoms with Crippen molar-refractivity contribution in [1.82, 2.24) is 35.9 Å². The lowest BCUT2D eigenvalue weighted by atomic mass is 10.1. The van der Waals surface area contributed by atoms with Crippen molar-refractivity contribution in [2.75, 3.05) is 51.1 Å². The first-order valence-electron chi connectivity index (χ1n) is 26.9. The number of nitrogens with one attached hydrogen (secondary N) is 2. The van der Waals surface area contributed by atoms with Gasteiger partial charge in [0.25, 0.3) is 0 Å². The molecule has 4 aromatic heterocycles. The first kappa shape index (κ1) is 53.4. The molecule has 12 rings (SSSR count). The minimum atomic E-state index is -3.56. The molecule has 8 heterocycles. The number of anilines is 2. The Kier molecular flexibility index (Phi) is 15.4. The van der Waals surface area contributed by atoms with Crippen molar-refractivity contribution in [3.05, 3.63) is 133 Å². The van der Waals surface area contributed by atoms with Gasteiger partial charge in [0.2, 0.25) is 6.23 Å². The van der Waals surface area contributed by atoms with Crippen molar-refractivity contribution < 1.29 is 49.4 Å². The molecule has 0 aliphatic carbocycles. The summed E-state index contributed by atoms with van der Waals surface area (Å²) in [5.74, 6) is 1.17. The molecule has 4 aliphatic heterocycles. The number of rotatable bonds is 17. The number of sulfone groups is 2. The van der Waals surface area contributed by atoms with Gasteiger partial charge in [0.05, 0.1) is 38.8 Å². The molecule has 3 unspecified atom stereocenters. The SMILES string of the molecule is Nc1ncc(-c2ccc(S(=O)(=O)C3CCOCC3)cc2)nc1-c1cc(-c2ccc(CNC3CCC([n+]4cc(-c5ccc(S(=O)(=O)C6CCOCC6)cc5)nc(-c5cc(-c6ccc(CNC7CCOC7)cc6)no5)c4N)O3)cc2)no1. The fourth-order valence-corrected chi connectivity index (χ4v) is 14.0. The third-order valence-corrected chi connectivity index (χ3v) is 19.9. The zero-order valence-corrected chi connectivity index (χ0v) is 45.4. The quantitative estimate of drug-likeness (QED) is 0.0642. The van der Waals surface area contributed by atoms with E-state index in [1.54, 1.807) is 54.6 Å². The average molecular weight is 1120 g/mol. The Bertz CT molecular complexity index is 3690. The standard InChI is InChI=1S/C58H60N10O10S2/c59-57-55(64-49(33-63-57)40-9-13-43(14-10-40)79(69,70)45-20-25-73-26-21-45)51-29-47(66-77-51)38-7-3-37(4-8-38)32-62-53-17-18-54(76-53)68-34-50(41-11-15-44(16-12-41)80(71,72)46-22-27-74-28-23-46)65-56(58(68)60)52-30-48(67-78-52)39-5-1-36(2-6-39)31-61-42-19-24-75-35-42/h1-16,29-30,33-34,42,45-46,53-54,60-62H,17-28,31-32,35H2,(H2,59,63,66)/p+1. The molecule has 0 amide bonds. The highest BCUT2D eigenvalue weighted by Crippen LogP contribution is 2.35. The molecule has 22 heteroatoms. The predicted molar refractivity (Wildman–Crippen MR) is 296 cm³/mol. The fraction of sp³-hybridized carbons (Fsp3) is 0.345. The van der Waals surface area contributed by atoms with E-state index >= 15 is 0 Å². The van der Waals surface area contributed by atoms with Crippen molar-refractivity contribution in [2.24, 2.45) is 0 Å². The largest absolute Gasteiger partial charge is 0.382 e. The summed E-state index contributed by atoms with van der Waals surface area (Å²) in [7, 11) is -7.05. The summed E-state index contributed by atoms with van der Waals surface area (Å²) >= 11 is 0. The number of benzene rings is 4. The molecule has 8 aromatic rings. The highest BCUT2D eigenvalue weighted by molar-refractivity contribution is 7.92. The van der Waals surface area contributed by atoms with Gasteiger partial charge in [-0.05, 0) is 73.9 Å². The molecular formula is C58H61N10O10S2+. The zero-order valence-electron chi connectivity index (χ0n) is 43.8. The van der Waals surface area contributed by atoms with Gasteiger partial charge >= 0.3 is 5.82 Å². The Balaban J connectivity index is 0.726. The molecule has 0 spiro atoms. The Labute approximate surface area is 463 Å². The van der Waals surface area contributed by atoms with Crippen molar-refractivity contribution in [3.63, 3.8) is 0 Å². The van der Waals surface area contributed by atoms with Crippen LogP contribution in [-0.4, -0.2) is 105 Å². The molecule has 3 atom stereocenters. The zero-order chi connectivity index (χ0) is 54.8. The van der Waals surface area contributed by atoms with Crippen LogP contribution in [0.5, 0.6) is 0 Å². The van der Waals surface area contributed by atoms with Gasteiger partial charge in [-0.15, -0.1) is 0 Å². The van der Waals surface area contributed by atoms with Crippen molar-refractivity contribution >= 4 is 31.3 Å². The molecule has 4 saturated heterocycles. The molecule has 20 nitrogen and oxygen atoms in total. The third kappa shape index (κ3) is 11.4. The van der Waals surface area contributed by atoms with E-state index in [1.807, 2.05) is 53.2 Å². The monoisotopic (exact) mass is 1120 g/mol. The number of aromatic nitrogens is 6. The highest BCUT2D eigenvalue weighted by atomic mass is 32.2. The van der Waals surface area contributed by atoms with E-state index in [1.165, 1.54) is 6.20 Å². The van der Waals surface area contributed by atoms with Crippen molar-refractivity contribution in [3.8, 4) is 67.9 Å². The predicted octanol–water partition coefficient (Wildman–Crippen LogP) is 7.51. The maximum absolute atomic E-state index is 13.6. The summed E-state index contributed by atoms with van der Waals surface area (Å²) < 4.78 is 90.3. The van der Waals surface area contributed by atoms with Crippen LogP contribution in [0.1, 0.15) is 62.3 Å². The molecule has 414 valence electrons. The van der Waals surface area contributed by atoms with E-state index < -0.39 is 36.4 Å². The Morgan fingerprint density at radius 2 is 1.02 bits per heavy atom. The number of nitrogens with zero attached hydrogens (tertiary/aromatic N) is 6. The van der Waals surface area contributed by atoms with E-state index in [0.29, 0.717) is 140 Å². The van der Waals surface area contributed by atoms with Gasteiger partial charge < -0.3 is 39.0 Å². The lowest BCUT2D eigenvalue weighted by molar-refractivity contribution is -0.746. The van der Waals surface area contributed by atoms with Crippen LogP contribution in [-0.2, 0) is 51.7 Å². The van der Waals surface area contributed by atoms with Crippen LogP contribution in [0, 0.1) is 0 Å². The minimum absolute atomic E-state index is 0.158. The molecule has 4 aliphatic rings. The van der Waals surface area contributed by atoms with Crippen LogP contribution in [0.3, 0.4) is 0 Å². The summed E-state index contributed by atoms with van der Waals surface area (Å²) in [6, 6.07) is 33.5. The second kappa shape index (κ2) is 23.1. The molecule has 0 saturated carbocycles. The molecular weight excluding hydrogens is 1060 g/mol. The lowest BCUT2D eigenvalue weighted by Gasteiger charge is -2.22. The van der Waals surface area contributed by atoms with Crippen LogP contribution < -0.4 is 26.7 Å². The summed E-state index contributed by atoms with van der Waals surface area (Å²) in [6.07, 6.45) is 6.77. The summed E-state index contributed by atoms with van der Waals surface area (Å²) in [5, 5.41) is 14.9. The minimum Gasteiger partial charge on any atom is -0.382 e. The van der Waals surface area contributed by atoms with Gasteiger partial charge in [0, 0.05) is 93.0 Å². The van der Waals surface area contributed by atoms with Gasteiger partial charge in [-0.3, -0.25) is 11.1 Å². The Hall–Kier alpha value is -7.28. The average Bonchev–Trinajstić information content (AvgIpc) is 4.41. The molecule has 4 fully saturated rings. The van der Waals surface area contributed by atoms with Gasteiger partial charge in [-0.2, -0.15) is 0 Å². The van der Waals surface area contributed by atoms with Crippen LogP contribution in [0.2, 0.25) is 0 Å². The van der Waals surface area contributed by atoms with Gasteiger partial charge in [0.15, 0.2) is 48.4 Å². The highest BCUT2D eigenvalue weighted by Gasteiger charge is 2.35. The van der Waals surface area contributed by atoms with E-state index in [4.69, 9.17) is 49.4 Å². The summed E-state index contributed by atoms with van der Waals surface area (Å²) in [4.78, 5) is 14.6. The molecule has 0 radical (unpaired) electrons. The van der Waals surface area contributed by atoms with E-state index in [2.05, 4.69) is 38.1 Å². The van der Waals surface area contributed by atoms with Crippen molar-refractivity contribution in [2.45, 2.75) is 96.8 Å². The van der Waals surface area contributed by atoms with Gasteiger partial charge in [0.1, 0.15) is 29.5 Å². The van der Waals surface area contributed by atoms with Gasteiger partial charge in [-0.25, -0.2) is 36.4 Å². The summed E-state index contributed by atoms with van der Waals surface area (Å²) in [5.41, 5.74) is 21.4. The number of hydrogen-bond acceptors (Lipinski definition) is 19. The number of ether oxygens (including phenoxy) is 4. The number of hydrogen-bond donors (Lipinski definition) is 4. The lowest BCUT2D eigenvalue weighted by Crippen LogP contribution is -2.44. The topological polar surface area (TPSA) is 276 Å². The van der Waals surface area contributed by atoms with E-state index in [9.17, 15) is 16.8 Å². The first-order valence-corrected chi connectivity index (χ1v) is 30.0. The fourth-order valence-electron chi connectivity index (χ4n) is 10.6. The van der Waals surface area contributed by atoms with Crippen molar-refractivity contribution in [1.29, 1.82) is 0 Å². The Morgan fingerprint density at radius 1 is 0.537 bits per heavy atom. The maximum Gasteiger partial charge on any atom is 0.304 e. The maximum atomic E-state index is 13.6. The summed E-state index contributed by atoms with van der Waals surface area (Å²) in [6.45, 7) is 4.46. The van der Waals surface area contributed by atoms with Crippen LogP contribution in [0.4, 0.5) is 11.6 Å². The van der Waals surface area contributed by atoms with Crippen LogP contribution in [0.25, 0.3) is 67.9 Å². The number of nitrogens with two attached hydrogens (primary N) is 2. The van der Waals surface area contributed by atoms with Crippen LogP contribution >= 0.6 is 0 Å². The molecule has 0 bridgehead atoms. The van der Waals surface area contributed by atoms with E-state index in [-0.39, 0.29) is 21.8 Å². The Morgan fingerprint density at radius 3 is 1.57 bits per heavy atom. The van der Waals surface area contributed by atoms with Gasteiger partial charge in [-0.1, -0.05) is 83.1 Å². The second-order valence-electron chi connectivity index (χ2n) is 20.5. The molecule has 4 aromatic carbocycles. The molecule has 6 N–H and O–H groups in total. The smallest absolute Gasteiger partial charge is 0.304 e.